The first kappa shape index (κ1) is 24.5. The van der Waals surface area contributed by atoms with E-state index in [1.54, 1.807) is 0 Å². The summed E-state index contributed by atoms with van der Waals surface area (Å²) in [6.45, 7) is 0. The van der Waals surface area contributed by atoms with Gasteiger partial charge in [-0.2, -0.15) is 61.5 Å². The summed E-state index contributed by atoms with van der Waals surface area (Å²) in [6.07, 6.45) is -8.13. The first-order valence-electron chi connectivity index (χ1n) is 5.84. The number of hydrogen-bond acceptors (Lipinski definition) is 2. The molecular formula is C9F17NO. The van der Waals surface area contributed by atoms with Gasteiger partial charge in [-0.15, -0.1) is 4.48 Å². The summed E-state index contributed by atoms with van der Waals surface area (Å²) in [7, 11) is 0. The monoisotopic (exact) mass is 461 g/mol. The van der Waals surface area contributed by atoms with E-state index in [0.29, 0.717) is 0 Å². The fraction of sp³-hybridized carbons (Fsp3) is 0.889. The van der Waals surface area contributed by atoms with Crippen molar-refractivity contribution in [2.24, 2.45) is 0 Å². The second-order valence-electron chi connectivity index (χ2n) is 5.17. The van der Waals surface area contributed by atoms with Crippen molar-refractivity contribution < 1.29 is 79.5 Å². The molecule has 2 atom stereocenters. The van der Waals surface area contributed by atoms with Gasteiger partial charge in [0.15, 0.2) is 0 Å². The van der Waals surface area contributed by atoms with Crippen molar-refractivity contribution in [2.75, 3.05) is 0 Å². The molecule has 0 spiro atoms. The molecule has 0 aromatic heterocycles. The minimum absolute atomic E-state index is 4.51. The predicted octanol–water partition coefficient (Wildman–Crippen LogP) is 4.75. The van der Waals surface area contributed by atoms with E-state index in [1.165, 1.54) is 0 Å². The first-order chi connectivity index (χ1) is 11.8. The smallest absolute Gasteiger partial charge is 0.254 e. The Bertz CT molecular complexity index is 668. The van der Waals surface area contributed by atoms with Crippen molar-refractivity contribution in [3.05, 3.63) is 0 Å². The van der Waals surface area contributed by atoms with Gasteiger partial charge in [0.25, 0.3) is 0 Å². The number of alkyl halides is 15. The number of rotatable bonds is 3. The van der Waals surface area contributed by atoms with E-state index in [-0.39, 0.29) is 0 Å². The van der Waals surface area contributed by atoms with Crippen molar-refractivity contribution in [3.8, 4) is 0 Å². The Balaban J connectivity index is 4.24. The van der Waals surface area contributed by atoms with Crippen molar-refractivity contribution >= 4 is 6.04 Å². The lowest BCUT2D eigenvalue weighted by Gasteiger charge is -2.56. The maximum absolute atomic E-state index is 14.1. The van der Waals surface area contributed by atoms with Crippen LogP contribution in [0.3, 0.4) is 0 Å². The SMILES string of the molecule is O=C(F)C(F)(F)C(F)(F)C1(F)C(F)(F)C(F)(F)C(F)(F)N(F)C1(F)C(F)(F)F. The molecule has 0 aromatic carbocycles. The third kappa shape index (κ3) is 2.13. The average Bonchev–Trinajstić information content (AvgIpc) is 2.48. The Kier molecular flexibility index (Phi) is 4.83. The van der Waals surface area contributed by atoms with Gasteiger partial charge in [0, 0.05) is 0 Å². The van der Waals surface area contributed by atoms with Gasteiger partial charge in [-0.3, -0.25) is 4.79 Å². The van der Waals surface area contributed by atoms with Gasteiger partial charge in [0.2, 0.25) is 0 Å². The van der Waals surface area contributed by atoms with Crippen LogP contribution in [0.25, 0.3) is 0 Å². The Labute approximate surface area is 139 Å². The number of carbonyl (C=O) groups excluding carboxylic acids is 1. The van der Waals surface area contributed by atoms with Gasteiger partial charge < -0.3 is 0 Å². The molecule has 1 rings (SSSR count). The minimum atomic E-state index is -8.71. The van der Waals surface area contributed by atoms with E-state index < -0.39 is 58.5 Å². The van der Waals surface area contributed by atoms with Crippen molar-refractivity contribution in [2.45, 2.75) is 47.4 Å². The van der Waals surface area contributed by atoms with Gasteiger partial charge >= 0.3 is 53.4 Å². The summed E-state index contributed by atoms with van der Waals surface area (Å²) in [5, 5.41) is -4.51. The molecule has 1 fully saturated rings. The van der Waals surface area contributed by atoms with Crippen molar-refractivity contribution in [1.82, 2.24) is 5.12 Å². The molecule has 19 heteroatoms. The topological polar surface area (TPSA) is 20.3 Å². The van der Waals surface area contributed by atoms with E-state index in [2.05, 4.69) is 0 Å². The van der Waals surface area contributed by atoms with Crippen LogP contribution in [0.1, 0.15) is 0 Å². The highest BCUT2D eigenvalue weighted by Gasteiger charge is 3.05. The summed E-state index contributed by atoms with van der Waals surface area (Å²) in [4.78, 5) is 9.78. The van der Waals surface area contributed by atoms with E-state index in [9.17, 15) is 79.5 Å². The molecule has 28 heavy (non-hydrogen) atoms. The number of piperidine rings is 1. The van der Waals surface area contributed by atoms with E-state index in [0.717, 1.165) is 0 Å². The van der Waals surface area contributed by atoms with Crippen LogP contribution >= 0.6 is 0 Å². The molecule has 0 aliphatic carbocycles. The Hall–Kier alpha value is -1.56. The highest BCUT2D eigenvalue weighted by Crippen LogP contribution is 2.71. The van der Waals surface area contributed by atoms with E-state index >= 15 is 0 Å². The predicted molar refractivity (Wildman–Crippen MR) is 47.5 cm³/mol. The normalized spacial score (nSPS) is 33.6. The molecule has 1 aliphatic rings. The Morgan fingerprint density at radius 2 is 1.07 bits per heavy atom. The molecule has 0 amide bonds. The zero-order valence-electron chi connectivity index (χ0n) is 11.8. The summed E-state index contributed by atoms with van der Waals surface area (Å²) < 4.78 is 222. The molecule has 0 N–H and O–H groups in total. The Morgan fingerprint density at radius 1 is 0.714 bits per heavy atom. The molecule has 0 aromatic rings. The van der Waals surface area contributed by atoms with Crippen molar-refractivity contribution in [1.29, 1.82) is 0 Å². The molecule has 1 saturated heterocycles. The Morgan fingerprint density at radius 3 is 1.36 bits per heavy atom. The molecule has 0 radical (unpaired) electrons. The van der Waals surface area contributed by atoms with Gasteiger partial charge in [-0.25, -0.2) is 8.78 Å². The van der Waals surface area contributed by atoms with Gasteiger partial charge in [0.05, 0.1) is 0 Å². The largest absolute Gasteiger partial charge is 0.443 e. The van der Waals surface area contributed by atoms with E-state index in [1.807, 2.05) is 0 Å². The molecule has 2 nitrogen and oxygen atoms in total. The van der Waals surface area contributed by atoms with Crippen LogP contribution < -0.4 is 0 Å². The highest BCUT2D eigenvalue weighted by molar-refractivity contribution is 5.78. The number of halogens is 17. The number of carbonyl (C=O) groups is 1. The number of nitrogens with zero attached hydrogens (tertiary/aromatic N) is 1. The molecule has 0 bridgehead atoms. The fourth-order valence-electron chi connectivity index (χ4n) is 2.12. The molecule has 1 heterocycles. The van der Waals surface area contributed by atoms with Gasteiger partial charge in [-0.1, -0.05) is 0 Å². The van der Waals surface area contributed by atoms with Crippen LogP contribution in [0.2, 0.25) is 0 Å². The van der Waals surface area contributed by atoms with Gasteiger partial charge in [-0.05, 0) is 5.12 Å². The lowest BCUT2D eigenvalue weighted by atomic mass is 9.72. The molecule has 0 saturated carbocycles. The average molecular weight is 461 g/mol. The fourth-order valence-corrected chi connectivity index (χ4v) is 2.12. The maximum Gasteiger partial charge on any atom is 0.443 e. The van der Waals surface area contributed by atoms with Crippen LogP contribution in [-0.4, -0.2) is 58.5 Å². The lowest BCUT2D eigenvalue weighted by molar-refractivity contribution is -0.550. The minimum Gasteiger partial charge on any atom is -0.254 e. The van der Waals surface area contributed by atoms with Crippen molar-refractivity contribution in [3.63, 3.8) is 0 Å². The van der Waals surface area contributed by atoms with Crippen LogP contribution in [0.5, 0.6) is 0 Å². The maximum atomic E-state index is 14.1. The van der Waals surface area contributed by atoms with Crippen LogP contribution in [0.15, 0.2) is 0 Å². The summed E-state index contributed by atoms with van der Waals surface area (Å²) in [5.74, 6) is -41.2. The summed E-state index contributed by atoms with van der Waals surface area (Å²) in [5.41, 5.74) is -8.71. The molecule has 2 unspecified atom stereocenters. The third-order valence-corrected chi connectivity index (χ3v) is 3.63. The van der Waals surface area contributed by atoms with Crippen LogP contribution in [-0.2, 0) is 4.79 Å². The zero-order chi connectivity index (χ0) is 23.2. The standard InChI is InChI=1S/C9F17NO/c10-1(28)2(11,12)4(14,15)3(13)5(16,17)6(18,19)9(24,25)27(26)7(3,20)8(21,22)23. The quantitative estimate of drug-likeness (QED) is 0.262. The molecular weight excluding hydrogens is 461 g/mol. The van der Waals surface area contributed by atoms with Crippen LogP contribution in [0.4, 0.5) is 74.7 Å². The molecule has 1 aliphatic heterocycles. The third-order valence-electron chi connectivity index (χ3n) is 3.63. The summed E-state index contributed by atoms with van der Waals surface area (Å²) in [6, 6.07) is -12.7. The highest BCUT2D eigenvalue weighted by atomic mass is 19.4. The van der Waals surface area contributed by atoms with Crippen LogP contribution in [0, 0.1) is 0 Å². The van der Waals surface area contributed by atoms with Gasteiger partial charge in [0.1, 0.15) is 0 Å². The second kappa shape index (κ2) is 5.53. The molecule has 166 valence electrons. The second-order valence-corrected chi connectivity index (χ2v) is 5.17. The number of hydrogen-bond donors (Lipinski definition) is 0. The lowest BCUT2D eigenvalue weighted by Crippen LogP contribution is -2.90. The van der Waals surface area contributed by atoms with E-state index in [4.69, 9.17) is 0 Å². The first-order valence-corrected chi connectivity index (χ1v) is 5.84. The zero-order valence-corrected chi connectivity index (χ0v) is 11.8. The summed E-state index contributed by atoms with van der Waals surface area (Å²) >= 11 is 0.